The molecule has 0 bridgehead atoms. The number of rotatable bonds is 2. The molecule has 1 aliphatic heterocycles. The molecule has 1 fully saturated rings. The van der Waals surface area contributed by atoms with Gasteiger partial charge < -0.3 is 15.3 Å². The number of phenolic OH excluding ortho intramolecular Hbond substituents is 1. The summed E-state index contributed by atoms with van der Waals surface area (Å²) in [5.41, 5.74) is 1.12. The quantitative estimate of drug-likeness (QED) is 0.867. The Hall–Kier alpha value is -1.74. The second kappa shape index (κ2) is 5.10. The van der Waals surface area contributed by atoms with Crippen molar-refractivity contribution in [1.82, 2.24) is 4.90 Å². The summed E-state index contributed by atoms with van der Waals surface area (Å²) in [5, 5.41) is 15.5. The molecule has 0 spiro atoms. The fraction of sp³-hybridized carbons (Fsp3) is 0.375. The van der Waals surface area contributed by atoms with Crippen LogP contribution in [0.25, 0.3) is 10.8 Å². The predicted octanol–water partition coefficient (Wildman–Crippen LogP) is 3.05. The van der Waals surface area contributed by atoms with Crippen LogP contribution in [0.2, 0.25) is 0 Å². The van der Waals surface area contributed by atoms with E-state index < -0.39 is 0 Å². The Morgan fingerprint density at radius 1 is 1.16 bits per heavy atom. The minimum absolute atomic E-state index is 0.349. The highest BCUT2D eigenvalue weighted by molar-refractivity contribution is 5.97. The first-order valence-corrected chi connectivity index (χ1v) is 6.90. The number of fused-ring (bicyclic) bond motifs is 1. The van der Waals surface area contributed by atoms with Gasteiger partial charge in [0.05, 0.1) is 0 Å². The molecule has 2 aromatic rings. The van der Waals surface area contributed by atoms with Crippen molar-refractivity contribution in [3.8, 4) is 5.75 Å². The summed E-state index contributed by atoms with van der Waals surface area (Å²) in [5.74, 6) is 0.349. The second-order valence-electron chi connectivity index (χ2n) is 5.42. The second-order valence-corrected chi connectivity index (χ2v) is 5.42. The zero-order chi connectivity index (χ0) is 13.2. The summed E-state index contributed by atoms with van der Waals surface area (Å²) in [4.78, 5) is 2.36. The Labute approximate surface area is 113 Å². The maximum absolute atomic E-state index is 9.91. The molecule has 3 heteroatoms. The van der Waals surface area contributed by atoms with Crippen molar-refractivity contribution in [1.29, 1.82) is 0 Å². The molecule has 0 saturated carbocycles. The molecule has 0 aromatic heterocycles. The van der Waals surface area contributed by atoms with Gasteiger partial charge in [0.15, 0.2) is 0 Å². The standard InChI is InChI=1S/C16H20N2O/c1-18-10-4-5-12(11-18)17-15-8-2-7-14-13(15)6-3-9-16(14)19/h2-3,6-9,12,17,19H,4-5,10-11H2,1H3. The first-order valence-electron chi connectivity index (χ1n) is 6.90. The molecule has 3 rings (SSSR count). The molecule has 19 heavy (non-hydrogen) atoms. The SMILES string of the molecule is CN1CCCC(Nc2cccc3c(O)cccc23)C1. The molecule has 3 nitrogen and oxygen atoms in total. The van der Waals surface area contributed by atoms with Crippen molar-refractivity contribution in [2.75, 3.05) is 25.5 Å². The van der Waals surface area contributed by atoms with Crippen molar-refractivity contribution in [2.45, 2.75) is 18.9 Å². The van der Waals surface area contributed by atoms with E-state index in [1.54, 1.807) is 6.07 Å². The van der Waals surface area contributed by atoms with E-state index in [2.05, 4.69) is 29.4 Å². The Kier molecular flexibility index (Phi) is 3.30. The first kappa shape index (κ1) is 12.3. The van der Waals surface area contributed by atoms with Crippen LogP contribution < -0.4 is 5.32 Å². The van der Waals surface area contributed by atoms with Gasteiger partial charge in [-0.05, 0) is 38.6 Å². The molecule has 100 valence electrons. The zero-order valence-corrected chi connectivity index (χ0v) is 11.3. The Morgan fingerprint density at radius 2 is 1.95 bits per heavy atom. The minimum Gasteiger partial charge on any atom is -0.507 e. The molecular formula is C16H20N2O. The molecule has 2 N–H and O–H groups in total. The van der Waals surface area contributed by atoms with Crippen LogP contribution in [0.3, 0.4) is 0 Å². The lowest BCUT2D eigenvalue weighted by Gasteiger charge is -2.31. The van der Waals surface area contributed by atoms with Crippen LogP contribution in [0.5, 0.6) is 5.75 Å². The number of nitrogens with one attached hydrogen (secondary N) is 1. The third kappa shape index (κ3) is 2.51. The fourth-order valence-corrected chi connectivity index (χ4v) is 2.92. The lowest BCUT2D eigenvalue weighted by atomic mass is 10.0. The number of anilines is 1. The van der Waals surface area contributed by atoms with E-state index in [-0.39, 0.29) is 0 Å². The normalized spacial score (nSPS) is 20.6. The Bertz CT molecular complexity index is 582. The number of hydrogen-bond acceptors (Lipinski definition) is 3. The van der Waals surface area contributed by atoms with Gasteiger partial charge in [-0.2, -0.15) is 0 Å². The van der Waals surface area contributed by atoms with Crippen LogP contribution in [0.15, 0.2) is 36.4 Å². The lowest BCUT2D eigenvalue weighted by molar-refractivity contribution is 0.261. The third-order valence-electron chi connectivity index (χ3n) is 3.88. The maximum atomic E-state index is 9.91. The highest BCUT2D eigenvalue weighted by Gasteiger charge is 2.17. The number of likely N-dealkylation sites (N-methyl/N-ethyl adjacent to an activating group) is 1. The van der Waals surface area contributed by atoms with Gasteiger partial charge in [0.1, 0.15) is 5.75 Å². The van der Waals surface area contributed by atoms with Crippen LogP contribution in [0.1, 0.15) is 12.8 Å². The minimum atomic E-state index is 0.349. The van der Waals surface area contributed by atoms with Gasteiger partial charge in [-0.1, -0.05) is 24.3 Å². The summed E-state index contributed by atoms with van der Waals surface area (Å²) in [6, 6.07) is 12.2. The van der Waals surface area contributed by atoms with E-state index >= 15 is 0 Å². The molecule has 0 aliphatic carbocycles. The van der Waals surface area contributed by atoms with Gasteiger partial charge in [-0.25, -0.2) is 0 Å². The van der Waals surface area contributed by atoms with Crippen LogP contribution in [0, 0.1) is 0 Å². The molecular weight excluding hydrogens is 236 g/mol. The smallest absolute Gasteiger partial charge is 0.123 e. The highest BCUT2D eigenvalue weighted by Crippen LogP contribution is 2.30. The lowest BCUT2D eigenvalue weighted by Crippen LogP contribution is -2.39. The molecule has 1 heterocycles. The number of likely N-dealkylation sites (tertiary alicyclic amines) is 1. The monoisotopic (exact) mass is 256 g/mol. The fourth-order valence-electron chi connectivity index (χ4n) is 2.92. The van der Waals surface area contributed by atoms with Gasteiger partial charge >= 0.3 is 0 Å². The number of aromatic hydroxyl groups is 1. The molecule has 0 radical (unpaired) electrons. The first-order chi connectivity index (χ1) is 9.24. The van der Waals surface area contributed by atoms with Crippen molar-refractivity contribution < 1.29 is 5.11 Å². The van der Waals surface area contributed by atoms with Gasteiger partial charge in [0.25, 0.3) is 0 Å². The number of hydrogen-bond donors (Lipinski definition) is 2. The highest BCUT2D eigenvalue weighted by atomic mass is 16.3. The third-order valence-corrected chi connectivity index (χ3v) is 3.88. The number of piperidine rings is 1. The van der Waals surface area contributed by atoms with E-state index in [0.29, 0.717) is 11.8 Å². The molecule has 1 saturated heterocycles. The van der Waals surface area contributed by atoms with Crippen molar-refractivity contribution in [3.05, 3.63) is 36.4 Å². The van der Waals surface area contributed by atoms with Crippen LogP contribution in [-0.2, 0) is 0 Å². The number of benzene rings is 2. The molecule has 1 aliphatic rings. The van der Waals surface area contributed by atoms with Crippen LogP contribution >= 0.6 is 0 Å². The zero-order valence-electron chi connectivity index (χ0n) is 11.3. The van der Waals surface area contributed by atoms with Gasteiger partial charge in [-0.15, -0.1) is 0 Å². The van der Waals surface area contributed by atoms with Crippen LogP contribution in [0.4, 0.5) is 5.69 Å². The summed E-state index contributed by atoms with van der Waals surface area (Å²) in [7, 11) is 2.17. The molecule has 1 unspecified atom stereocenters. The van der Waals surface area contributed by atoms with Crippen molar-refractivity contribution in [2.24, 2.45) is 0 Å². The average molecular weight is 256 g/mol. The van der Waals surface area contributed by atoms with Crippen molar-refractivity contribution >= 4 is 16.5 Å². The Morgan fingerprint density at radius 3 is 2.79 bits per heavy atom. The topological polar surface area (TPSA) is 35.5 Å². The summed E-state index contributed by atoms with van der Waals surface area (Å²) < 4.78 is 0. The van der Waals surface area contributed by atoms with E-state index in [4.69, 9.17) is 0 Å². The average Bonchev–Trinajstić information content (AvgIpc) is 2.40. The molecule has 1 atom stereocenters. The number of phenols is 1. The summed E-state index contributed by atoms with van der Waals surface area (Å²) in [6.07, 6.45) is 2.45. The largest absolute Gasteiger partial charge is 0.507 e. The van der Waals surface area contributed by atoms with Crippen LogP contribution in [-0.4, -0.2) is 36.2 Å². The van der Waals surface area contributed by atoms with E-state index in [9.17, 15) is 5.11 Å². The van der Waals surface area contributed by atoms with E-state index in [0.717, 1.165) is 23.0 Å². The maximum Gasteiger partial charge on any atom is 0.123 e. The Balaban J connectivity index is 1.90. The molecule has 0 amide bonds. The van der Waals surface area contributed by atoms with Gasteiger partial charge in [-0.3, -0.25) is 0 Å². The number of nitrogens with zero attached hydrogens (tertiary/aromatic N) is 1. The van der Waals surface area contributed by atoms with Gasteiger partial charge in [0.2, 0.25) is 0 Å². The van der Waals surface area contributed by atoms with E-state index in [1.165, 1.54) is 19.4 Å². The summed E-state index contributed by atoms with van der Waals surface area (Å²) >= 11 is 0. The summed E-state index contributed by atoms with van der Waals surface area (Å²) in [6.45, 7) is 2.27. The van der Waals surface area contributed by atoms with E-state index in [1.807, 2.05) is 18.2 Å². The van der Waals surface area contributed by atoms with Gasteiger partial charge in [0, 0.05) is 29.0 Å². The predicted molar refractivity (Wildman–Crippen MR) is 79.8 cm³/mol. The van der Waals surface area contributed by atoms with Crippen molar-refractivity contribution in [3.63, 3.8) is 0 Å². The molecule has 2 aromatic carbocycles.